The number of rotatable bonds is 7. The van der Waals surface area contributed by atoms with Crippen molar-refractivity contribution in [1.29, 1.82) is 0 Å². The van der Waals surface area contributed by atoms with Gasteiger partial charge in [-0.2, -0.15) is 0 Å². The largest absolute Gasteiger partial charge is 0.493 e. The lowest BCUT2D eigenvalue weighted by atomic mass is 10.0. The van der Waals surface area contributed by atoms with E-state index < -0.39 is 0 Å². The molecule has 186 valence electrons. The summed E-state index contributed by atoms with van der Waals surface area (Å²) in [7, 11) is 9.31. The number of benzene rings is 3. The van der Waals surface area contributed by atoms with Gasteiger partial charge >= 0.3 is 0 Å². The van der Waals surface area contributed by atoms with Gasteiger partial charge in [0.25, 0.3) is 0 Å². The highest BCUT2D eigenvalue weighted by Crippen LogP contribution is 2.39. The molecule has 7 nitrogen and oxygen atoms in total. The molecule has 0 bridgehead atoms. The second-order valence-corrected chi connectivity index (χ2v) is 7.37. The van der Waals surface area contributed by atoms with Crippen LogP contribution in [0.1, 0.15) is 27.8 Å². The molecule has 36 heavy (non-hydrogen) atoms. The molecule has 1 N–H and O–H groups in total. The highest BCUT2D eigenvalue weighted by molar-refractivity contribution is 5.62. The van der Waals surface area contributed by atoms with Crippen molar-refractivity contribution in [2.75, 3.05) is 42.7 Å². The standard InChI is InChI=1S/C29H28O7/c1-31-24-14-19(15-25(32-2)28(24)35-5)7-10-22-11-9-21(18-30)13-23(22)12-8-20-16-26(33-3)29(36-6)27(17-20)34-4/h9,11,13-17,30H,18H2,1-6H3. The van der Waals surface area contributed by atoms with Crippen LogP contribution >= 0.6 is 0 Å². The Kier molecular flexibility index (Phi) is 8.94. The second kappa shape index (κ2) is 12.3. The minimum Gasteiger partial charge on any atom is -0.493 e. The topological polar surface area (TPSA) is 75.6 Å². The van der Waals surface area contributed by atoms with Crippen molar-refractivity contribution in [1.82, 2.24) is 0 Å². The van der Waals surface area contributed by atoms with Crippen LogP contribution in [0.5, 0.6) is 34.5 Å². The van der Waals surface area contributed by atoms with Gasteiger partial charge < -0.3 is 33.5 Å². The minimum atomic E-state index is -0.112. The number of ether oxygens (including phenoxy) is 6. The lowest BCUT2D eigenvalue weighted by molar-refractivity contribution is 0.282. The second-order valence-electron chi connectivity index (χ2n) is 7.37. The van der Waals surface area contributed by atoms with Gasteiger partial charge in [0.1, 0.15) is 0 Å². The Balaban J connectivity index is 2.07. The Morgan fingerprint density at radius 1 is 0.528 bits per heavy atom. The van der Waals surface area contributed by atoms with Crippen molar-refractivity contribution in [3.05, 3.63) is 70.3 Å². The molecule has 3 aromatic carbocycles. The summed E-state index contributed by atoms with van der Waals surface area (Å²) in [5, 5.41) is 9.63. The van der Waals surface area contributed by atoms with Gasteiger partial charge in [0.15, 0.2) is 23.0 Å². The van der Waals surface area contributed by atoms with Crippen molar-refractivity contribution >= 4 is 0 Å². The van der Waals surface area contributed by atoms with E-state index in [0.29, 0.717) is 56.8 Å². The summed E-state index contributed by atoms with van der Waals surface area (Å²) < 4.78 is 32.4. The van der Waals surface area contributed by atoms with Gasteiger partial charge in [-0.3, -0.25) is 0 Å². The lowest BCUT2D eigenvalue weighted by Gasteiger charge is -2.12. The molecule has 0 fully saturated rings. The van der Waals surface area contributed by atoms with E-state index in [9.17, 15) is 5.11 Å². The van der Waals surface area contributed by atoms with E-state index in [2.05, 4.69) is 23.7 Å². The molecule has 0 aliphatic rings. The highest BCUT2D eigenvalue weighted by Gasteiger charge is 2.13. The van der Waals surface area contributed by atoms with E-state index in [1.165, 1.54) is 0 Å². The fourth-order valence-corrected chi connectivity index (χ4v) is 3.49. The van der Waals surface area contributed by atoms with Gasteiger partial charge in [0.05, 0.1) is 49.3 Å². The Labute approximate surface area is 211 Å². The van der Waals surface area contributed by atoms with E-state index >= 15 is 0 Å². The molecule has 3 rings (SSSR count). The van der Waals surface area contributed by atoms with Crippen molar-refractivity contribution < 1.29 is 33.5 Å². The van der Waals surface area contributed by atoms with Crippen LogP contribution in [0.3, 0.4) is 0 Å². The maximum Gasteiger partial charge on any atom is 0.203 e. The van der Waals surface area contributed by atoms with Gasteiger partial charge in [-0.15, -0.1) is 0 Å². The summed E-state index contributed by atoms with van der Waals surface area (Å²) in [6, 6.07) is 12.5. The van der Waals surface area contributed by atoms with E-state index in [-0.39, 0.29) is 6.61 Å². The third-order valence-corrected chi connectivity index (χ3v) is 5.28. The van der Waals surface area contributed by atoms with Crippen molar-refractivity contribution in [3.8, 4) is 58.2 Å². The molecule has 0 aliphatic heterocycles. The zero-order valence-corrected chi connectivity index (χ0v) is 21.1. The molecule has 0 radical (unpaired) electrons. The van der Waals surface area contributed by atoms with Gasteiger partial charge in [0.2, 0.25) is 11.5 Å². The quantitative estimate of drug-likeness (QED) is 0.504. The first-order valence-electron chi connectivity index (χ1n) is 10.9. The Morgan fingerprint density at radius 3 is 1.31 bits per heavy atom. The van der Waals surface area contributed by atoms with E-state index in [1.807, 2.05) is 18.2 Å². The fraction of sp³-hybridized carbons (Fsp3) is 0.241. The molecular weight excluding hydrogens is 460 g/mol. The predicted molar refractivity (Wildman–Crippen MR) is 137 cm³/mol. The minimum absolute atomic E-state index is 0.112. The van der Waals surface area contributed by atoms with Crippen molar-refractivity contribution in [2.24, 2.45) is 0 Å². The zero-order valence-electron chi connectivity index (χ0n) is 21.1. The summed E-state index contributed by atoms with van der Waals surface area (Å²) in [4.78, 5) is 0. The van der Waals surface area contributed by atoms with Crippen molar-refractivity contribution in [3.63, 3.8) is 0 Å². The summed E-state index contributed by atoms with van der Waals surface area (Å²) in [6.07, 6.45) is 0. The molecule has 3 aromatic rings. The molecular formula is C29H28O7. The van der Waals surface area contributed by atoms with Crippen LogP contribution in [-0.2, 0) is 6.61 Å². The van der Waals surface area contributed by atoms with E-state index in [1.54, 1.807) is 66.9 Å². The maximum absolute atomic E-state index is 9.63. The predicted octanol–water partition coefficient (Wildman–Crippen LogP) is 4.03. The van der Waals surface area contributed by atoms with Crippen LogP contribution in [0.4, 0.5) is 0 Å². The lowest BCUT2D eigenvalue weighted by Crippen LogP contribution is -1.96. The maximum atomic E-state index is 9.63. The first-order chi connectivity index (χ1) is 17.5. The molecule has 0 unspecified atom stereocenters. The van der Waals surface area contributed by atoms with Gasteiger partial charge in [-0.05, 0) is 42.0 Å². The number of hydrogen-bond donors (Lipinski definition) is 1. The molecule has 0 amide bonds. The summed E-state index contributed by atoms with van der Waals surface area (Å²) >= 11 is 0. The van der Waals surface area contributed by atoms with E-state index in [4.69, 9.17) is 28.4 Å². The van der Waals surface area contributed by atoms with Gasteiger partial charge in [0, 0.05) is 22.3 Å². The Morgan fingerprint density at radius 2 is 0.944 bits per heavy atom. The summed E-state index contributed by atoms with van der Waals surface area (Å²) in [5.74, 6) is 15.6. The molecule has 0 aromatic heterocycles. The number of aliphatic hydroxyl groups excluding tert-OH is 1. The highest BCUT2D eigenvalue weighted by atomic mass is 16.5. The first-order valence-corrected chi connectivity index (χ1v) is 10.9. The van der Waals surface area contributed by atoms with Crippen LogP contribution < -0.4 is 28.4 Å². The fourth-order valence-electron chi connectivity index (χ4n) is 3.49. The average molecular weight is 489 g/mol. The smallest absolute Gasteiger partial charge is 0.203 e. The molecule has 0 aliphatic carbocycles. The van der Waals surface area contributed by atoms with Gasteiger partial charge in [-0.25, -0.2) is 0 Å². The SMILES string of the molecule is COc1cc(C#Cc2ccc(CO)cc2C#Cc2cc(OC)c(OC)c(OC)c2)cc(OC)c1OC. The number of aliphatic hydroxyl groups is 1. The monoisotopic (exact) mass is 488 g/mol. The summed E-state index contributed by atoms with van der Waals surface area (Å²) in [5.41, 5.74) is 3.43. The Bertz CT molecular complexity index is 1300. The third kappa shape index (κ3) is 5.78. The number of methoxy groups -OCH3 is 6. The molecule has 7 heteroatoms. The molecule has 0 atom stereocenters. The van der Waals surface area contributed by atoms with E-state index in [0.717, 1.165) is 5.56 Å². The molecule has 0 saturated heterocycles. The van der Waals surface area contributed by atoms with Crippen LogP contribution in [0.2, 0.25) is 0 Å². The van der Waals surface area contributed by atoms with Crippen LogP contribution in [-0.4, -0.2) is 47.8 Å². The normalized spacial score (nSPS) is 9.75. The van der Waals surface area contributed by atoms with Crippen LogP contribution in [0, 0.1) is 23.7 Å². The number of hydrogen-bond acceptors (Lipinski definition) is 7. The summed E-state index contributed by atoms with van der Waals surface area (Å²) in [6.45, 7) is -0.112. The van der Waals surface area contributed by atoms with Crippen LogP contribution in [0.15, 0.2) is 42.5 Å². The average Bonchev–Trinajstić information content (AvgIpc) is 2.93. The van der Waals surface area contributed by atoms with Crippen molar-refractivity contribution in [2.45, 2.75) is 6.61 Å². The molecule has 0 heterocycles. The van der Waals surface area contributed by atoms with Crippen LogP contribution in [0.25, 0.3) is 0 Å². The van der Waals surface area contributed by atoms with Gasteiger partial charge in [-0.1, -0.05) is 29.7 Å². The molecule has 0 saturated carbocycles. The molecule has 0 spiro atoms. The first kappa shape index (κ1) is 26.2. The third-order valence-electron chi connectivity index (χ3n) is 5.28. The zero-order chi connectivity index (χ0) is 26.1. The Hall–Kier alpha value is -4.46.